The third kappa shape index (κ3) is 5.96. The van der Waals surface area contributed by atoms with Crippen molar-refractivity contribution in [3.8, 4) is 11.5 Å². The van der Waals surface area contributed by atoms with Crippen molar-refractivity contribution in [2.24, 2.45) is 0 Å². The molecular formula is C14H21N2O10PS. The van der Waals surface area contributed by atoms with Crippen LogP contribution in [0.1, 0.15) is 6.42 Å². The zero-order valence-corrected chi connectivity index (χ0v) is 16.0. The van der Waals surface area contributed by atoms with Crippen LogP contribution in [0.25, 0.3) is 0 Å². The van der Waals surface area contributed by atoms with Gasteiger partial charge in [0.25, 0.3) is 0 Å². The molecular weight excluding hydrogens is 419 g/mol. The topological polar surface area (TPSA) is 198 Å². The van der Waals surface area contributed by atoms with Gasteiger partial charge in [-0.25, -0.2) is 4.79 Å². The number of nitrogens with one attached hydrogen (secondary N) is 2. The highest BCUT2D eigenvalue weighted by Gasteiger charge is 2.45. The number of phenolic OH excluding ortho intramolecular Hbond substituents is 1. The maximum atomic E-state index is 11.2. The number of aliphatic hydroxyl groups excluding tert-OH is 3. The van der Waals surface area contributed by atoms with Crippen LogP contribution in [0.15, 0.2) is 18.2 Å². The number of amides is 2. The average molecular weight is 440 g/mol. The van der Waals surface area contributed by atoms with Crippen molar-refractivity contribution in [1.82, 2.24) is 4.72 Å². The molecule has 0 aliphatic carbocycles. The van der Waals surface area contributed by atoms with Gasteiger partial charge in [0, 0.05) is 11.8 Å². The van der Waals surface area contributed by atoms with Crippen molar-refractivity contribution in [3.63, 3.8) is 0 Å². The lowest BCUT2D eigenvalue weighted by Crippen LogP contribution is -2.59. The number of thiol groups is 1. The lowest BCUT2D eigenvalue weighted by atomic mass is 9.97. The summed E-state index contributed by atoms with van der Waals surface area (Å²) >= 11 is 3.56. The van der Waals surface area contributed by atoms with Crippen LogP contribution in [0.2, 0.25) is 0 Å². The van der Waals surface area contributed by atoms with Crippen LogP contribution in [0.3, 0.4) is 0 Å². The summed E-state index contributed by atoms with van der Waals surface area (Å²) in [5.41, 5.74) is 0.205. The number of hydrogen-bond acceptors (Lipinski definition) is 9. The summed E-state index contributed by atoms with van der Waals surface area (Å²) in [5, 5.41) is 42.3. The molecule has 5 atom stereocenters. The smallest absolute Gasteiger partial charge is 0.329 e. The van der Waals surface area contributed by atoms with Crippen molar-refractivity contribution in [3.05, 3.63) is 18.2 Å². The summed E-state index contributed by atoms with van der Waals surface area (Å²) in [5.74, 6) is -0.599. The number of phenols is 1. The molecule has 28 heavy (non-hydrogen) atoms. The molecule has 2 amide bonds. The van der Waals surface area contributed by atoms with Gasteiger partial charge >= 0.3 is 13.6 Å². The van der Waals surface area contributed by atoms with Crippen LogP contribution in [0.5, 0.6) is 11.5 Å². The molecule has 8 N–H and O–H groups in total. The summed E-state index contributed by atoms with van der Waals surface area (Å²) in [7, 11) is -4.37. The van der Waals surface area contributed by atoms with E-state index in [1.807, 2.05) is 4.72 Å². The number of anilines is 1. The molecule has 1 saturated heterocycles. The maximum absolute atomic E-state index is 11.2. The number of ether oxygens (including phenoxy) is 2. The van der Waals surface area contributed by atoms with Gasteiger partial charge < -0.3 is 45.0 Å². The lowest BCUT2D eigenvalue weighted by molar-refractivity contribution is -0.272. The van der Waals surface area contributed by atoms with Crippen molar-refractivity contribution >= 4 is 32.1 Å². The molecule has 158 valence electrons. The van der Waals surface area contributed by atoms with Crippen LogP contribution in [-0.4, -0.2) is 73.1 Å². The van der Waals surface area contributed by atoms with E-state index in [1.54, 1.807) is 0 Å². The SMILES string of the molecule is O=C(NS)Nc1ccc(O[C@H]2O[C@H](CCP(=O)(O)O)[C@@H](O)[C@H](O)[C@@H]2O)c(O)c1. The van der Waals surface area contributed by atoms with Gasteiger partial charge in [0.05, 0.1) is 12.3 Å². The van der Waals surface area contributed by atoms with Crippen molar-refractivity contribution in [1.29, 1.82) is 0 Å². The molecule has 1 fully saturated rings. The second kappa shape index (κ2) is 9.29. The van der Waals surface area contributed by atoms with Gasteiger partial charge in [-0.05, 0) is 18.6 Å². The number of urea groups is 1. The Morgan fingerprint density at radius 3 is 2.46 bits per heavy atom. The Hall–Kier alpha value is -1.57. The monoisotopic (exact) mass is 440 g/mol. The zero-order valence-electron chi connectivity index (χ0n) is 14.2. The summed E-state index contributed by atoms with van der Waals surface area (Å²) in [6.07, 6.45) is -8.67. The molecule has 1 heterocycles. The molecule has 0 aromatic heterocycles. The van der Waals surface area contributed by atoms with E-state index in [-0.39, 0.29) is 17.9 Å². The summed E-state index contributed by atoms with van der Waals surface area (Å²) < 4.78 is 23.7. The van der Waals surface area contributed by atoms with Crippen molar-refractivity contribution in [2.45, 2.75) is 37.1 Å². The van der Waals surface area contributed by atoms with Gasteiger partial charge in [-0.1, -0.05) is 12.8 Å². The fourth-order valence-electron chi connectivity index (χ4n) is 2.53. The summed E-state index contributed by atoms with van der Waals surface area (Å²) in [6, 6.07) is 3.11. The lowest BCUT2D eigenvalue weighted by Gasteiger charge is -2.40. The van der Waals surface area contributed by atoms with Gasteiger partial charge in [0.1, 0.15) is 18.3 Å². The molecule has 1 aromatic carbocycles. The molecule has 0 spiro atoms. The van der Waals surface area contributed by atoms with Crippen molar-refractivity contribution in [2.75, 3.05) is 11.5 Å². The number of carbonyl (C=O) groups excluding carboxylic acids is 1. The Bertz CT molecular complexity index is 747. The molecule has 0 saturated carbocycles. The van der Waals surface area contributed by atoms with E-state index >= 15 is 0 Å². The number of benzene rings is 1. The van der Waals surface area contributed by atoms with Gasteiger partial charge in [-0.15, -0.1) is 0 Å². The van der Waals surface area contributed by atoms with Crippen LogP contribution in [-0.2, 0) is 9.30 Å². The first-order valence-corrected chi connectivity index (χ1v) is 10.2. The van der Waals surface area contributed by atoms with E-state index in [1.165, 1.54) is 12.1 Å². The Balaban J connectivity index is 2.10. The highest BCUT2D eigenvalue weighted by Crippen LogP contribution is 2.38. The fraction of sp³-hybridized carbons (Fsp3) is 0.500. The fourth-order valence-corrected chi connectivity index (χ4v) is 3.17. The van der Waals surface area contributed by atoms with Gasteiger partial charge in [-0.3, -0.25) is 9.29 Å². The molecule has 0 radical (unpaired) electrons. The van der Waals surface area contributed by atoms with E-state index in [2.05, 4.69) is 18.1 Å². The number of aliphatic hydroxyl groups is 3. The molecule has 1 aromatic rings. The predicted octanol–water partition coefficient (Wildman–Crippen LogP) is -0.887. The first kappa shape index (κ1) is 22.7. The quantitative estimate of drug-likeness (QED) is 0.198. The van der Waals surface area contributed by atoms with E-state index in [9.17, 15) is 29.8 Å². The van der Waals surface area contributed by atoms with Crippen LogP contribution in [0.4, 0.5) is 10.5 Å². The molecule has 0 bridgehead atoms. The van der Waals surface area contributed by atoms with E-state index in [0.29, 0.717) is 0 Å². The van der Waals surface area contributed by atoms with E-state index < -0.39 is 56.2 Å². The molecule has 0 unspecified atom stereocenters. The molecule has 2 rings (SSSR count). The van der Waals surface area contributed by atoms with Crippen LogP contribution < -0.4 is 14.8 Å². The first-order chi connectivity index (χ1) is 13.0. The van der Waals surface area contributed by atoms with Gasteiger partial charge in [0.2, 0.25) is 6.29 Å². The Morgan fingerprint density at radius 2 is 1.89 bits per heavy atom. The summed E-state index contributed by atoms with van der Waals surface area (Å²) in [6.45, 7) is 0. The number of hydrogen-bond donors (Lipinski definition) is 9. The minimum Gasteiger partial charge on any atom is -0.504 e. The molecule has 1 aliphatic heterocycles. The van der Waals surface area contributed by atoms with E-state index in [4.69, 9.17) is 19.3 Å². The first-order valence-electron chi connectivity index (χ1n) is 7.97. The van der Waals surface area contributed by atoms with Crippen LogP contribution in [0, 0.1) is 0 Å². The van der Waals surface area contributed by atoms with Gasteiger partial charge in [0.15, 0.2) is 11.5 Å². The largest absolute Gasteiger partial charge is 0.504 e. The Morgan fingerprint density at radius 1 is 1.21 bits per heavy atom. The number of carbonyl (C=O) groups is 1. The maximum Gasteiger partial charge on any atom is 0.329 e. The average Bonchev–Trinajstić information content (AvgIpc) is 2.62. The summed E-state index contributed by atoms with van der Waals surface area (Å²) in [4.78, 5) is 29.1. The van der Waals surface area contributed by atoms with Crippen LogP contribution >= 0.6 is 20.4 Å². The standard InChI is InChI=1S/C14H21N2O10PS/c17-7-5-6(15-14(21)16-28)1-2-8(7)25-13-12(20)11(19)10(18)9(26-13)3-4-27(22,23)24/h1-2,5,9-13,17-20,28H,3-4H2,(H2,15,16,21)(H2,22,23,24)/t9-,10-,11+,12+,13+/m1/s1. The third-order valence-corrected chi connectivity index (χ3v) is 4.98. The van der Waals surface area contributed by atoms with Crippen molar-refractivity contribution < 1.29 is 49.0 Å². The minimum absolute atomic E-state index is 0.168. The third-order valence-electron chi connectivity index (χ3n) is 3.93. The second-order valence-electron chi connectivity index (χ2n) is 6.06. The predicted molar refractivity (Wildman–Crippen MR) is 98.1 cm³/mol. The Labute approximate surface area is 164 Å². The second-order valence-corrected chi connectivity index (χ2v) is 8.06. The highest BCUT2D eigenvalue weighted by molar-refractivity contribution is 7.78. The van der Waals surface area contributed by atoms with Gasteiger partial charge in [-0.2, -0.15) is 0 Å². The zero-order chi connectivity index (χ0) is 21.1. The highest BCUT2D eigenvalue weighted by atomic mass is 32.1. The number of aromatic hydroxyl groups is 1. The number of rotatable bonds is 6. The molecule has 12 nitrogen and oxygen atoms in total. The molecule has 1 aliphatic rings. The molecule has 14 heteroatoms. The Kier molecular flexibility index (Phi) is 7.53. The normalized spacial score (nSPS) is 27.9. The van der Waals surface area contributed by atoms with E-state index in [0.717, 1.165) is 6.07 Å². The minimum atomic E-state index is -4.37.